The Labute approximate surface area is 87.4 Å². The van der Waals surface area contributed by atoms with Gasteiger partial charge in [-0.25, -0.2) is 0 Å². The van der Waals surface area contributed by atoms with Gasteiger partial charge in [-0.2, -0.15) is 0 Å². The molecule has 2 rings (SSSR count). The summed E-state index contributed by atoms with van der Waals surface area (Å²) in [5, 5.41) is 1.25. The normalized spacial score (nSPS) is 10.7. The van der Waals surface area contributed by atoms with E-state index in [-0.39, 0.29) is 0 Å². The van der Waals surface area contributed by atoms with Crippen molar-refractivity contribution >= 4 is 27.7 Å². The van der Waals surface area contributed by atoms with Crippen LogP contribution < -0.4 is 0 Å². The van der Waals surface area contributed by atoms with Crippen molar-refractivity contribution in [1.82, 2.24) is 0 Å². The first kappa shape index (κ1) is 9.41. The van der Waals surface area contributed by atoms with Crippen molar-refractivity contribution in [2.75, 3.05) is 0 Å². The molecule has 0 spiro atoms. The summed E-state index contributed by atoms with van der Waals surface area (Å²) in [5.74, 6) is 0. The minimum atomic E-state index is 0.823. The Kier molecular flexibility index (Phi) is 2.38. The summed E-state index contributed by atoms with van der Waals surface area (Å²) < 4.78 is 1.26. The smallest absolute Gasteiger partial charge is 0.160 e. The molecule has 0 saturated carbocycles. The highest BCUT2D eigenvalue weighted by Crippen LogP contribution is 2.30. The quantitative estimate of drug-likeness (QED) is 0.683. The summed E-state index contributed by atoms with van der Waals surface area (Å²) in [5.41, 5.74) is 2.59. The van der Waals surface area contributed by atoms with Gasteiger partial charge in [-0.05, 0) is 35.9 Å². The largest absolute Gasteiger partial charge is 0.297 e. The zero-order valence-electron chi connectivity index (χ0n) is 8.33. The number of carbonyl (C=O) groups is 1. The average molecular weight is 204 g/mol. The molecular weight excluding hydrogens is 192 g/mol. The van der Waals surface area contributed by atoms with Gasteiger partial charge in [0.25, 0.3) is 0 Å². The van der Waals surface area contributed by atoms with Crippen molar-refractivity contribution in [2.24, 2.45) is 0 Å². The molecule has 72 valence electrons. The zero-order valence-corrected chi connectivity index (χ0v) is 9.15. The number of fused-ring (bicyclic) bond motifs is 1. The molecule has 0 aliphatic carbocycles. The molecule has 0 fully saturated rings. The number of carbonyl (C=O) groups excluding carboxylic acids is 1. The third-order valence-corrected chi connectivity index (χ3v) is 3.68. The van der Waals surface area contributed by atoms with Gasteiger partial charge in [0, 0.05) is 4.70 Å². The minimum Gasteiger partial charge on any atom is -0.297 e. The van der Waals surface area contributed by atoms with Crippen molar-refractivity contribution in [1.29, 1.82) is 0 Å². The lowest BCUT2D eigenvalue weighted by Gasteiger charge is -2.01. The Bertz CT molecular complexity index is 482. The number of hydrogen-bond donors (Lipinski definition) is 0. The maximum atomic E-state index is 10.7. The Morgan fingerprint density at radius 2 is 2.21 bits per heavy atom. The fourth-order valence-electron chi connectivity index (χ4n) is 1.70. The molecule has 14 heavy (non-hydrogen) atoms. The number of thiophene rings is 1. The second kappa shape index (κ2) is 3.54. The molecular formula is C12H12OS. The molecule has 0 amide bonds. The van der Waals surface area contributed by atoms with Gasteiger partial charge >= 0.3 is 0 Å². The average Bonchev–Trinajstić information content (AvgIpc) is 2.63. The third kappa shape index (κ3) is 1.36. The van der Waals surface area contributed by atoms with Crippen molar-refractivity contribution in [3.05, 3.63) is 34.2 Å². The Morgan fingerprint density at radius 1 is 1.43 bits per heavy atom. The summed E-state index contributed by atoms with van der Waals surface area (Å²) >= 11 is 1.59. The van der Waals surface area contributed by atoms with Crippen LogP contribution in [0.1, 0.15) is 27.7 Å². The van der Waals surface area contributed by atoms with Gasteiger partial charge in [-0.15, -0.1) is 11.3 Å². The predicted molar refractivity (Wildman–Crippen MR) is 61.3 cm³/mol. The van der Waals surface area contributed by atoms with Gasteiger partial charge in [-0.3, -0.25) is 4.79 Å². The van der Waals surface area contributed by atoms with Gasteiger partial charge in [0.15, 0.2) is 6.29 Å². The molecule has 0 radical (unpaired) electrons. The molecule has 1 aromatic carbocycles. The van der Waals surface area contributed by atoms with Crippen molar-refractivity contribution < 1.29 is 4.79 Å². The number of aldehydes is 1. The molecule has 0 atom stereocenters. The van der Waals surface area contributed by atoms with Crippen LogP contribution in [0.4, 0.5) is 0 Å². The molecule has 1 nitrogen and oxygen atoms in total. The van der Waals surface area contributed by atoms with E-state index in [1.54, 1.807) is 11.3 Å². The van der Waals surface area contributed by atoms with Crippen molar-refractivity contribution in [3.8, 4) is 0 Å². The van der Waals surface area contributed by atoms with Crippen LogP contribution in [-0.2, 0) is 6.42 Å². The molecule has 0 aliphatic heterocycles. The van der Waals surface area contributed by atoms with E-state index < -0.39 is 0 Å². The van der Waals surface area contributed by atoms with Gasteiger partial charge < -0.3 is 0 Å². The van der Waals surface area contributed by atoms with Crippen LogP contribution >= 0.6 is 11.3 Å². The third-order valence-electron chi connectivity index (χ3n) is 2.49. The van der Waals surface area contributed by atoms with E-state index in [2.05, 4.69) is 26.0 Å². The number of rotatable bonds is 2. The fourth-order valence-corrected chi connectivity index (χ4v) is 2.69. The van der Waals surface area contributed by atoms with Gasteiger partial charge in [0.05, 0.1) is 4.88 Å². The number of benzene rings is 1. The van der Waals surface area contributed by atoms with E-state index in [0.29, 0.717) is 0 Å². The summed E-state index contributed by atoms with van der Waals surface area (Å²) in [6.45, 7) is 4.23. The van der Waals surface area contributed by atoms with Crippen LogP contribution in [0.15, 0.2) is 18.2 Å². The molecule has 0 unspecified atom stereocenters. The molecule has 0 aliphatic rings. The van der Waals surface area contributed by atoms with Crippen LogP contribution in [0.25, 0.3) is 10.1 Å². The summed E-state index contributed by atoms with van der Waals surface area (Å²) in [6, 6.07) is 6.28. The zero-order chi connectivity index (χ0) is 10.1. The maximum Gasteiger partial charge on any atom is 0.160 e. The van der Waals surface area contributed by atoms with Crippen LogP contribution in [-0.4, -0.2) is 6.29 Å². The topological polar surface area (TPSA) is 17.1 Å². The van der Waals surface area contributed by atoms with E-state index in [1.807, 2.05) is 6.07 Å². The van der Waals surface area contributed by atoms with Crippen LogP contribution in [0.5, 0.6) is 0 Å². The van der Waals surface area contributed by atoms with E-state index in [4.69, 9.17) is 0 Å². The first-order chi connectivity index (χ1) is 6.76. The first-order valence-corrected chi connectivity index (χ1v) is 5.55. The second-order valence-corrected chi connectivity index (χ2v) is 4.49. The SMILES string of the molecule is CCc1ccc(C)c2sc(C=O)cc12. The van der Waals surface area contributed by atoms with E-state index in [0.717, 1.165) is 17.6 Å². The van der Waals surface area contributed by atoms with Crippen LogP contribution in [0.2, 0.25) is 0 Å². The second-order valence-electron chi connectivity index (χ2n) is 3.40. The number of hydrogen-bond acceptors (Lipinski definition) is 2. The molecule has 2 heteroatoms. The molecule has 0 N–H and O–H groups in total. The monoisotopic (exact) mass is 204 g/mol. The molecule has 1 aromatic heterocycles. The van der Waals surface area contributed by atoms with Gasteiger partial charge in [0.1, 0.15) is 0 Å². The summed E-state index contributed by atoms with van der Waals surface area (Å²) in [4.78, 5) is 11.5. The highest BCUT2D eigenvalue weighted by atomic mass is 32.1. The lowest BCUT2D eigenvalue weighted by Crippen LogP contribution is -1.81. The standard InChI is InChI=1S/C12H12OS/c1-3-9-5-4-8(2)12-11(9)6-10(7-13)14-12/h4-7H,3H2,1-2H3. The molecule has 0 saturated heterocycles. The van der Waals surface area contributed by atoms with Crippen LogP contribution in [0, 0.1) is 6.92 Å². The Balaban J connectivity index is 2.81. The van der Waals surface area contributed by atoms with Crippen LogP contribution in [0.3, 0.4) is 0 Å². The molecule has 1 heterocycles. The minimum absolute atomic E-state index is 0.823. The maximum absolute atomic E-state index is 10.7. The lowest BCUT2D eigenvalue weighted by atomic mass is 10.1. The molecule has 2 aromatic rings. The summed E-state index contributed by atoms with van der Waals surface area (Å²) in [7, 11) is 0. The highest BCUT2D eigenvalue weighted by molar-refractivity contribution is 7.20. The van der Waals surface area contributed by atoms with Crippen molar-refractivity contribution in [2.45, 2.75) is 20.3 Å². The predicted octanol–water partition coefficient (Wildman–Crippen LogP) is 3.58. The van der Waals surface area contributed by atoms with Crippen molar-refractivity contribution in [3.63, 3.8) is 0 Å². The highest BCUT2D eigenvalue weighted by Gasteiger charge is 2.06. The lowest BCUT2D eigenvalue weighted by molar-refractivity contribution is 0.112. The summed E-state index contributed by atoms with van der Waals surface area (Å²) in [6.07, 6.45) is 1.95. The first-order valence-electron chi connectivity index (χ1n) is 4.73. The van der Waals surface area contributed by atoms with E-state index in [1.165, 1.54) is 21.2 Å². The number of aryl methyl sites for hydroxylation is 2. The Hall–Kier alpha value is -1.15. The van der Waals surface area contributed by atoms with Gasteiger partial charge in [-0.1, -0.05) is 19.1 Å². The Morgan fingerprint density at radius 3 is 2.86 bits per heavy atom. The van der Waals surface area contributed by atoms with E-state index in [9.17, 15) is 4.79 Å². The van der Waals surface area contributed by atoms with Gasteiger partial charge in [0.2, 0.25) is 0 Å². The molecule has 0 bridgehead atoms. The van der Waals surface area contributed by atoms with E-state index >= 15 is 0 Å². The fraction of sp³-hybridized carbons (Fsp3) is 0.250.